The molecule has 1 aliphatic rings. The highest BCUT2D eigenvalue weighted by atomic mass is 16.2. The number of hydrogen-bond donors (Lipinski definition) is 1. The molecule has 29 heavy (non-hydrogen) atoms. The van der Waals surface area contributed by atoms with Crippen molar-refractivity contribution in [1.82, 2.24) is 25.2 Å². The molecule has 0 saturated carbocycles. The summed E-state index contributed by atoms with van der Waals surface area (Å²) in [5, 5.41) is 11.3. The van der Waals surface area contributed by atoms with Crippen LogP contribution in [0, 0.1) is 0 Å². The average Bonchev–Trinajstić information content (AvgIpc) is 2.77. The van der Waals surface area contributed by atoms with E-state index < -0.39 is 0 Å². The second-order valence-electron chi connectivity index (χ2n) is 7.06. The Morgan fingerprint density at radius 3 is 2.45 bits per heavy atom. The minimum Gasteiger partial charge on any atom is -0.349 e. The fourth-order valence-electron chi connectivity index (χ4n) is 3.49. The van der Waals surface area contributed by atoms with Crippen molar-refractivity contribution < 1.29 is 9.59 Å². The van der Waals surface area contributed by atoms with Gasteiger partial charge in [0.25, 0.3) is 11.5 Å². The number of benzene rings is 2. The molecule has 0 spiro atoms. The fourth-order valence-corrected chi connectivity index (χ4v) is 3.49. The number of nitrogens with zero attached hydrogens (tertiary/aromatic N) is 4. The van der Waals surface area contributed by atoms with Crippen molar-refractivity contribution >= 4 is 22.7 Å². The Bertz CT molecular complexity index is 1090. The van der Waals surface area contributed by atoms with E-state index in [-0.39, 0.29) is 30.0 Å². The first-order valence-electron chi connectivity index (χ1n) is 9.58. The lowest BCUT2D eigenvalue weighted by atomic mass is 10.0. The van der Waals surface area contributed by atoms with Gasteiger partial charge < -0.3 is 10.2 Å². The zero-order chi connectivity index (χ0) is 20.2. The Labute approximate surface area is 167 Å². The van der Waals surface area contributed by atoms with E-state index in [9.17, 15) is 14.4 Å². The van der Waals surface area contributed by atoms with Gasteiger partial charge in [-0.3, -0.25) is 14.4 Å². The van der Waals surface area contributed by atoms with Crippen LogP contribution in [0.5, 0.6) is 0 Å². The van der Waals surface area contributed by atoms with Crippen LogP contribution in [-0.2, 0) is 11.3 Å². The summed E-state index contributed by atoms with van der Waals surface area (Å²) >= 11 is 0. The van der Waals surface area contributed by atoms with Crippen molar-refractivity contribution in [3.63, 3.8) is 0 Å². The van der Waals surface area contributed by atoms with Crippen LogP contribution in [0.4, 0.5) is 0 Å². The molecule has 0 bridgehead atoms. The van der Waals surface area contributed by atoms with Crippen LogP contribution in [0.1, 0.15) is 23.2 Å². The largest absolute Gasteiger partial charge is 0.349 e. The van der Waals surface area contributed by atoms with Crippen molar-refractivity contribution in [2.75, 3.05) is 13.1 Å². The molecule has 1 aromatic heterocycles. The van der Waals surface area contributed by atoms with Gasteiger partial charge >= 0.3 is 0 Å². The molecule has 0 radical (unpaired) electrons. The molecule has 1 aliphatic heterocycles. The first-order valence-corrected chi connectivity index (χ1v) is 9.58. The lowest BCUT2D eigenvalue weighted by Gasteiger charge is -2.32. The fraction of sp³-hybridized carbons (Fsp3) is 0.286. The standard InChI is InChI=1S/C21H21N5O3/c27-19(14-26-21(29)17-8-4-5-9-18(17)23-24-26)25-12-10-16(11-13-25)22-20(28)15-6-2-1-3-7-15/h1-9,16H,10-14H2,(H,22,28). The predicted octanol–water partition coefficient (Wildman–Crippen LogP) is 1.21. The van der Waals surface area contributed by atoms with Crippen LogP contribution in [0.3, 0.4) is 0 Å². The highest BCUT2D eigenvalue weighted by Gasteiger charge is 2.24. The van der Waals surface area contributed by atoms with Crippen LogP contribution in [0.25, 0.3) is 10.9 Å². The molecular weight excluding hydrogens is 370 g/mol. The van der Waals surface area contributed by atoms with E-state index in [0.717, 1.165) is 4.68 Å². The summed E-state index contributed by atoms with van der Waals surface area (Å²) < 4.78 is 1.11. The van der Waals surface area contributed by atoms with Crippen LogP contribution in [0.15, 0.2) is 59.4 Å². The van der Waals surface area contributed by atoms with Crippen LogP contribution in [0.2, 0.25) is 0 Å². The molecule has 2 amide bonds. The number of fused-ring (bicyclic) bond motifs is 1. The number of amides is 2. The second kappa shape index (κ2) is 8.22. The number of carbonyl (C=O) groups excluding carboxylic acids is 2. The number of nitrogens with one attached hydrogen (secondary N) is 1. The molecule has 8 heteroatoms. The first-order chi connectivity index (χ1) is 14.1. The van der Waals surface area contributed by atoms with Crippen molar-refractivity contribution in [2.24, 2.45) is 0 Å². The zero-order valence-electron chi connectivity index (χ0n) is 15.8. The molecule has 1 N–H and O–H groups in total. The average molecular weight is 391 g/mol. The first kappa shape index (κ1) is 18.8. The van der Waals surface area contributed by atoms with Gasteiger partial charge in [-0.1, -0.05) is 35.5 Å². The van der Waals surface area contributed by atoms with Crippen molar-refractivity contribution in [1.29, 1.82) is 0 Å². The van der Waals surface area contributed by atoms with Crippen LogP contribution in [-0.4, -0.2) is 50.8 Å². The van der Waals surface area contributed by atoms with Crippen LogP contribution >= 0.6 is 0 Å². The van der Waals surface area contributed by atoms with Gasteiger partial charge in [0.15, 0.2) is 0 Å². The quantitative estimate of drug-likeness (QED) is 0.721. The normalized spacial score (nSPS) is 14.7. The molecule has 148 valence electrons. The van der Waals surface area contributed by atoms with E-state index in [1.807, 2.05) is 18.2 Å². The molecule has 4 rings (SSSR count). The Kier molecular flexibility index (Phi) is 5.33. The Morgan fingerprint density at radius 2 is 1.69 bits per heavy atom. The van der Waals surface area contributed by atoms with E-state index in [0.29, 0.717) is 42.4 Å². The minimum absolute atomic E-state index is 0.0231. The molecular formula is C21H21N5O3. The van der Waals surface area contributed by atoms with Gasteiger partial charge in [0, 0.05) is 24.7 Å². The van der Waals surface area contributed by atoms with E-state index in [4.69, 9.17) is 0 Å². The highest BCUT2D eigenvalue weighted by Crippen LogP contribution is 2.12. The Hall–Kier alpha value is -3.55. The molecule has 0 aliphatic carbocycles. The van der Waals surface area contributed by atoms with Gasteiger partial charge in [-0.2, -0.15) is 0 Å². The summed E-state index contributed by atoms with van der Waals surface area (Å²) in [6.07, 6.45) is 1.34. The molecule has 3 aromatic rings. The maximum atomic E-state index is 12.6. The third kappa shape index (κ3) is 4.16. The Morgan fingerprint density at radius 1 is 1.00 bits per heavy atom. The van der Waals surface area contributed by atoms with Crippen molar-refractivity contribution in [3.8, 4) is 0 Å². The lowest BCUT2D eigenvalue weighted by Crippen LogP contribution is -2.48. The maximum absolute atomic E-state index is 12.6. The van der Waals surface area contributed by atoms with E-state index >= 15 is 0 Å². The molecule has 8 nitrogen and oxygen atoms in total. The lowest BCUT2D eigenvalue weighted by molar-refractivity contribution is -0.133. The van der Waals surface area contributed by atoms with Gasteiger partial charge in [0.2, 0.25) is 5.91 Å². The number of carbonyl (C=O) groups is 2. The summed E-state index contributed by atoms with van der Waals surface area (Å²) in [7, 11) is 0. The van der Waals surface area contributed by atoms with E-state index in [1.165, 1.54) is 0 Å². The summed E-state index contributed by atoms with van der Waals surface area (Å²) in [6, 6.07) is 16.0. The number of hydrogen-bond acceptors (Lipinski definition) is 5. The van der Waals surface area contributed by atoms with Crippen LogP contribution < -0.4 is 10.9 Å². The SMILES string of the molecule is O=C(NC1CCN(C(=O)Cn2nnc3ccccc3c2=O)CC1)c1ccccc1. The zero-order valence-corrected chi connectivity index (χ0v) is 15.8. The summed E-state index contributed by atoms with van der Waals surface area (Å²) in [5.41, 5.74) is 0.811. The number of aromatic nitrogens is 3. The van der Waals surface area contributed by atoms with E-state index in [2.05, 4.69) is 15.6 Å². The molecule has 1 saturated heterocycles. The monoisotopic (exact) mass is 391 g/mol. The summed E-state index contributed by atoms with van der Waals surface area (Å²) in [6.45, 7) is 0.903. The van der Waals surface area contributed by atoms with E-state index in [1.54, 1.807) is 41.3 Å². The molecule has 1 fully saturated rings. The molecule has 2 aromatic carbocycles. The Balaban J connectivity index is 1.34. The summed E-state index contributed by atoms with van der Waals surface area (Å²) in [5.74, 6) is -0.280. The van der Waals surface area contributed by atoms with Gasteiger partial charge in [0.05, 0.1) is 5.39 Å². The molecule has 2 heterocycles. The topological polar surface area (TPSA) is 97.2 Å². The van der Waals surface area contributed by atoms with Crippen molar-refractivity contribution in [3.05, 3.63) is 70.5 Å². The van der Waals surface area contributed by atoms with Gasteiger partial charge in [-0.15, -0.1) is 5.10 Å². The minimum atomic E-state index is -0.325. The number of likely N-dealkylation sites (tertiary alicyclic amines) is 1. The van der Waals surface area contributed by atoms with Gasteiger partial charge in [-0.05, 0) is 37.1 Å². The third-order valence-electron chi connectivity index (χ3n) is 5.13. The van der Waals surface area contributed by atoms with Gasteiger partial charge in [0.1, 0.15) is 12.1 Å². The van der Waals surface area contributed by atoms with Crippen molar-refractivity contribution in [2.45, 2.75) is 25.4 Å². The van der Waals surface area contributed by atoms with Gasteiger partial charge in [-0.25, -0.2) is 4.68 Å². The highest BCUT2D eigenvalue weighted by molar-refractivity contribution is 5.94. The molecule has 0 unspecified atom stereocenters. The number of piperidine rings is 1. The third-order valence-corrected chi connectivity index (χ3v) is 5.13. The molecule has 0 atom stereocenters. The summed E-state index contributed by atoms with van der Waals surface area (Å²) in [4.78, 5) is 39.1. The predicted molar refractivity (Wildman–Crippen MR) is 107 cm³/mol. The number of rotatable bonds is 4. The smallest absolute Gasteiger partial charge is 0.278 e. The second-order valence-corrected chi connectivity index (χ2v) is 7.06. The maximum Gasteiger partial charge on any atom is 0.278 e.